The third-order valence-corrected chi connectivity index (χ3v) is 5.60. The van der Waals surface area contributed by atoms with Crippen molar-refractivity contribution in [2.75, 3.05) is 6.54 Å². The lowest BCUT2D eigenvalue weighted by molar-refractivity contribution is 0.209. The van der Waals surface area contributed by atoms with E-state index in [1.165, 1.54) is 5.56 Å². The van der Waals surface area contributed by atoms with E-state index in [0.29, 0.717) is 23.3 Å². The minimum atomic E-state index is -0.469. The number of halogens is 1. The smallest absolute Gasteiger partial charge is 0.322 e. The van der Waals surface area contributed by atoms with Crippen LogP contribution in [0.1, 0.15) is 36.9 Å². The zero-order valence-corrected chi connectivity index (χ0v) is 18.2. The fraction of sp³-hybridized carbons (Fsp3) is 0.208. The molecule has 0 saturated carbocycles. The molecular weight excluding hydrogens is 412 g/mol. The van der Waals surface area contributed by atoms with E-state index in [1.807, 2.05) is 37.3 Å². The van der Waals surface area contributed by atoms with E-state index >= 15 is 0 Å². The van der Waals surface area contributed by atoms with Crippen LogP contribution in [0, 0.1) is 0 Å². The van der Waals surface area contributed by atoms with Crippen molar-refractivity contribution in [2.24, 2.45) is 0 Å². The normalized spacial score (nSPS) is 16.4. The lowest BCUT2D eigenvalue weighted by atomic mass is 9.94. The Morgan fingerprint density at radius 2 is 2.03 bits per heavy atom. The number of hydrogen-bond donors (Lipinski definition) is 1. The molecule has 0 aliphatic carbocycles. The van der Waals surface area contributed by atoms with Crippen LogP contribution in [0.25, 0.3) is 17.0 Å². The quantitative estimate of drug-likeness (QED) is 0.510. The second-order valence-corrected chi connectivity index (χ2v) is 7.75. The number of rotatable bonds is 6. The van der Waals surface area contributed by atoms with Crippen molar-refractivity contribution in [1.29, 1.82) is 0 Å². The summed E-state index contributed by atoms with van der Waals surface area (Å²) in [4.78, 5) is 19.0. The number of hydrogen-bond acceptors (Lipinski definition) is 4. The number of benzene rings is 2. The molecule has 1 unspecified atom stereocenters. The number of nitrogens with zero attached hydrogens (tertiary/aromatic N) is 3. The Morgan fingerprint density at radius 3 is 2.71 bits per heavy atom. The van der Waals surface area contributed by atoms with E-state index in [1.54, 1.807) is 17.0 Å². The topological polar surface area (TPSA) is 71.3 Å². The third-order valence-electron chi connectivity index (χ3n) is 5.37. The molecule has 1 aliphatic heterocycles. The highest BCUT2D eigenvalue weighted by atomic mass is 35.5. The molecule has 7 heteroatoms. The molecule has 1 atom stereocenters. The molecule has 2 amide bonds. The van der Waals surface area contributed by atoms with Crippen LogP contribution in [0.3, 0.4) is 0 Å². The monoisotopic (exact) mass is 434 g/mol. The predicted molar refractivity (Wildman–Crippen MR) is 121 cm³/mol. The van der Waals surface area contributed by atoms with Gasteiger partial charge >= 0.3 is 6.03 Å². The first-order chi connectivity index (χ1) is 15.0. The molecule has 0 bridgehead atoms. The van der Waals surface area contributed by atoms with Crippen LogP contribution in [0.4, 0.5) is 4.79 Å². The molecule has 6 nitrogen and oxygen atoms in total. The van der Waals surface area contributed by atoms with Gasteiger partial charge in [0.15, 0.2) is 0 Å². The first-order valence-electron chi connectivity index (χ1n) is 10.1. The van der Waals surface area contributed by atoms with Gasteiger partial charge in [-0.15, -0.1) is 6.58 Å². The van der Waals surface area contributed by atoms with Crippen LogP contribution < -0.4 is 5.32 Å². The van der Waals surface area contributed by atoms with Gasteiger partial charge in [0.1, 0.15) is 0 Å². The van der Waals surface area contributed by atoms with E-state index in [2.05, 4.69) is 41.1 Å². The van der Waals surface area contributed by atoms with Gasteiger partial charge < -0.3 is 9.84 Å². The van der Waals surface area contributed by atoms with Crippen LogP contribution >= 0.6 is 11.6 Å². The second kappa shape index (κ2) is 8.78. The Hall–Kier alpha value is -3.38. The van der Waals surface area contributed by atoms with Crippen molar-refractivity contribution >= 4 is 23.2 Å². The summed E-state index contributed by atoms with van der Waals surface area (Å²) in [6, 6.07) is 14.8. The van der Waals surface area contributed by atoms with Gasteiger partial charge in [-0.05, 0) is 36.6 Å². The minimum absolute atomic E-state index is 0.221. The van der Waals surface area contributed by atoms with Crippen LogP contribution in [0.5, 0.6) is 0 Å². The molecule has 1 N–H and O–H groups in total. The van der Waals surface area contributed by atoms with Gasteiger partial charge in [-0.2, -0.15) is 4.98 Å². The van der Waals surface area contributed by atoms with E-state index in [9.17, 15) is 4.79 Å². The molecule has 1 aromatic heterocycles. The summed E-state index contributed by atoms with van der Waals surface area (Å²) < 4.78 is 5.67. The van der Waals surface area contributed by atoms with Crippen molar-refractivity contribution in [1.82, 2.24) is 20.4 Å². The number of amides is 2. The SMILES string of the molecule is C=CCN1C(=O)NC(c2cccc(Cl)c2)C(c2nc(-c3ccc(CC)cc3)no2)=C1C. The van der Waals surface area contributed by atoms with Crippen LogP contribution in [0.15, 0.2) is 71.4 Å². The number of nitrogens with one attached hydrogen (secondary N) is 1. The van der Waals surface area contributed by atoms with Crippen molar-refractivity contribution in [3.63, 3.8) is 0 Å². The van der Waals surface area contributed by atoms with E-state index in [4.69, 9.17) is 16.1 Å². The Kier molecular flexibility index (Phi) is 5.91. The molecule has 0 spiro atoms. The van der Waals surface area contributed by atoms with E-state index < -0.39 is 6.04 Å². The molecule has 0 fully saturated rings. The molecule has 2 heterocycles. The molecular formula is C24H23ClN4O2. The summed E-state index contributed by atoms with van der Waals surface area (Å²) >= 11 is 6.21. The van der Waals surface area contributed by atoms with Gasteiger partial charge in [-0.25, -0.2) is 4.79 Å². The number of urea groups is 1. The Labute approximate surface area is 186 Å². The highest BCUT2D eigenvalue weighted by Crippen LogP contribution is 2.37. The van der Waals surface area contributed by atoms with E-state index in [0.717, 1.165) is 28.8 Å². The molecule has 31 heavy (non-hydrogen) atoms. The molecule has 0 radical (unpaired) electrons. The fourth-order valence-electron chi connectivity index (χ4n) is 3.68. The predicted octanol–water partition coefficient (Wildman–Crippen LogP) is 5.64. The van der Waals surface area contributed by atoms with Crippen molar-refractivity contribution in [2.45, 2.75) is 26.3 Å². The molecule has 2 aromatic carbocycles. The third kappa shape index (κ3) is 4.11. The standard InChI is InChI=1S/C24H23ClN4O2/c1-4-13-29-15(3)20(21(26-24(29)30)18-7-6-8-19(25)14-18)23-27-22(28-31-23)17-11-9-16(5-2)10-12-17/h4,6-12,14,21H,1,5,13H2,2-3H3,(H,26,30). The zero-order chi connectivity index (χ0) is 22.0. The van der Waals surface area contributed by atoms with Crippen molar-refractivity contribution < 1.29 is 9.32 Å². The maximum absolute atomic E-state index is 12.8. The highest BCUT2D eigenvalue weighted by Gasteiger charge is 2.35. The number of carbonyl (C=O) groups is 1. The molecule has 4 rings (SSSR count). The van der Waals surface area contributed by atoms with Gasteiger partial charge in [0, 0.05) is 22.8 Å². The van der Waals surface area contributed by atoms with Crippen LogP contribution in [0.2, 0.25) is 5.02 Å². The molecule has 1 aliphatic rings. The first-order valence-corrected chi connectivity index (χ1v) is 10.5. The Morgan fingerprint density at radius 1 is 1.26 bits per heavy atom. The Bertz CT molecular complexity index is 1150. The molecule has 158 valence electrons. The summed E-state index contributed by atoms with van der Waals surface area (Å²) in [6.07, 6.45) is 2.64. The van der Waals surface area contributed by atoms with E-state index in [-0.39, 0.29) is 6.03 Å². The second-order valence-electron chi connectivity index (χ2n) is 7.31. The number of carbonyl (C=O) groups excluding carboxylic acids is 1. The number of allylic oxidation sites excluding steroid dienone is 1. The average Bonchev–Trinajstić information content (AvgIpc) is 3.26. The van der Waals surface area contributed by atoms with Crippen molar-refractivity contribution in [3.05, 3.63) is 88.9 Å². The lowest BCUT2D eigenvalue weighted by Crippen LogP contribution is -2.46. The summed E-state index contributed by atoms with van der Waals surface area (Å²) in [5, 5.41) is 7.81. The number of aromatic nitrogens is 2. The van der Waals surface area contributed by atoms with Gasteiger partial charge in [0.25, 0.3) is 5.89 Å². The largest absolute Gasteiger partial charge is 0.334 e. The summed E-state index contributed by atoms with van der Waals surface area (Å²) in [5.41, 5.74) is 4.40. The molecule has 0 saturated heterocycles. The summed E-state index contributed by atoms with van der Waals surface area (Å²) in [6.45, 7) is 8.10. The fourth-order valence-corrected chi connectivity index (χ4v) is 3.88. The van der Waals surface area contributed by atoms with Gasteiger partial charge in [-0.3, -0.25) is 4.90 Å². The lowest BCUT2D eigenvalue weighted by Gasteiger charge is -2.34. The van der Waals surface area contributed by atoms with Crippen LogP contribution in [-0.4, -0.2) is 27.6 Å². The average molecular weight is 435 g/mol. The minimum Gasteiger partial charge on any atom is -0.334 e. The van der Waals surface area contributed by atoms with Crippen molar-refractivity contribution in [3.8, 4) is 11.4 Å². The summed E-state index contributed by atoms with van der Waals surface area (Å²) in [7, 11) is 0. The Balaban J connectivity index is 1.80. The maximum Gasteiger partial charge on any atom is 0.322 e. The zero-order valence-electron chi connectivity index (χ0n) is 17.4. The summed E-state index contributed by atoms with van der Waals surface area (Å²) in [5.74, 6) is 0.848. The molecule has 3 aromatic rings. The van der Waals surface area contributed by atoms with Gasteiger partial charge in [0.05, 0.1) is 11.6 Å². The first kappa shape index (κ1) is 20.9. The van der Waals surface area contributed by atoms with Gasteiger partial charge in [0.2, 0.25) is 5.82 Å². The maximum atomic E-state index is 12.8. The van der Waals surface area contributed by atoms with Crippen LogP contribution in [-0.2, 0) is 6.42 Å². The van der Waals surface area contributed by atoms with Gasteiger partial charge in [-0.1, -0.05) is 66.2 Å². The highest BCUT2D eigenvalue weighted by molar-refractivity contribution is 6.30. The number of aryl methyl sites for hydroxylation is 1.